The van der Waals surface area contributed by atoms with Gasteiger partial charge in [-0.1, -0.05) is 23.2 Å². The second-order valence-electron chi connectivity index (χ2n) is 7.78. The van der Waals surface area contributed by atoms with Gasteiger partial charge in [-0.15, -0.1) is 0 Å². The Balaban J connectivity index is 1.46. The summed E-state index contributed by atoms with van der Waals surface area (Å²) in [5.41, 5.74) is 0.694. The number of rotatable bonds is 3. The summed E-state index contributed by atoms with van der Waals surface area (Å²) in [4.78, 5) is 17.2. The van der Waals surface area contributed by atoms with Crippen LogP contribution in [0.2, 0.25) is 10.0 Å². The van der Waals surface area contributed by atoms with Gasteiger partial charge in [0.25, 0.3) is 0 Å². The van der Waals surface area contributed by atoms with E-state index in [0.29, 0.717) is 34.5 Å². The van der Waals surface area contributed by atoms with E-state index in [1.54, 1.807) is 12.1 Å². The fraction of sp³-hybridized carbons (Fsp3) is 0.632. The van der Waals surface area contributed by atoms with Crippen molar-refractivity contribution in [1.82, 2.24) is 15.1 Å². The molecule has 3 fully saturated rings. The molecule has 2 N–H and O–H groups in total. The van der Waals surface area contributed by atoms with Gasteiger partial charge in [0.1, 0.15) is 5.75 Å². The second-order valence-corrected chi connectivity index (χ2v) is 8.57. The number of halogens is 2. The van der Waals surface area contributed by atoms with Gasteiger partial charge in [-0.25, -0.2) is 0 Å². The highest BCUT2D eigenvalue weighted by Gasteiger charge is 2.42. The minimum Gasteiger partial charge on any atom is -0.508 e. The topological polar surface area (TPSA) is 55.8 Å². The molecule has 142 valence electrons. The number of benzene rings is 1. The number of aromatic hydroxyl groups is 1. The average molecular weight is 398 g/mol. The number of phenolic OH excluding ortho intramolecular Hbond substituents is 1. The Morgan fingerprint density at radius 3 is 2.73 bits per heavy atom. The summed E-state index contributed by atoms with van der Waals surface area (Å²) >= 11 is 12.5. The predicted octanol–water partition coefficient (Wildman–Crippen LogP) is 2.70. The normalized spacial score (nSPS) is 29.8. The molecule has 1 amide bonds. The summed E-state index contributed by atoms with van der Waals surface area (Å²) in [6.07, 6.45) is 2.50. The van der Waals surface area contributed by atoms with E-state index < -0.39 is 0 Å². The molecule has 3 aliphatic heterocycles. The highest BCUT2D eigenvalue weighted by Crippen LogP contribution is 2.45. The molecule has 1 unspecified atom stereocenters. The van der Waals surface area contributed by atoms with Gasteiger partial charge in [-0.2, -0.15) is 0 Å². The van der Waals surface area contributed by atoms with Gasteiger partial charge in [-0.3, -0.25) is 4.79 Å². The lowest BCUT2D eigenvalue weighted by Gasteiger charge is -2.37. The van der Waals surface area contributed by atoms with E-state index in [9.17, 15) is 9.90 Å². The number of amides is 1. The Labute approximate surface area is 164 Å². The largest absolute Gasteiger partial charge is 0.508 e. The van der Waals surface area contributed by atoms with Crippen LogP contribution in [0.4, 0.5) is 0 Å². The number of nitrogens with one attached hydrogen (secondary N) is 1. The van der Waals surface area contributed by atoms with Crippen molar-refractivity contribution in [3.8, 4) is 5.75 Å². The van der Waals surface area contributed by atoms with Gasteiger partial charge in [0.2, 0.25) is 5.91 Å². The molecule has 26 heavy (non-hydrogen) atoms. The Bertz CT molecular complexity index is 694. The molecule has 0 radical (unpaired) electrons. The first kappa shape index (κ1) is 18.4. The zero-order chi connectivity index (χ0) is 18.3. The van der Waals surface area contributed by atoms with Crippen LogP contribution in [0.5, 0.6) is 5.75 Å². The molecule has 3 heterocycles. The third kappa shape index (κ3) is 3.55. The Morgan fingerprint density at radius 1 is 1.19 bits per heavy atom. The fourth-order valence-electron chi connectivity index (χ4n) is 4.83. The maximum atomic E-state index is 12.7. The summed E-state index contributed by atoms with van der Waals surface area (Å²) in [6.45, 7) is 5.82. The maximum Gasteiger partial charge on any atom is 0.223 e. The van der Waals surface area contributed by atoms with Crippen LogP contribution >= 0.6 is 23.2 Å². The molecule has 5 nitrogen and oxygen atoms in total. The van der Waals surface area contributed by atoms with Crippen molar-refractivity contribution in [3.05, 3.63) is 27.7 Å². The molecule has 3 saturated heterocycles. The first-order valence-electron chi connectivity index (χ1n) is 9.42. The van der Waals surface area contributed by atoms with Crippen LogP contribution in [-0.4, -0.2) is 66.1 Å². The van der Waals surface area contributed by atoms with Gasteiger partial charge in [0.15, 0.2) is 0 Å². The molecule has 0 spiro atoms. The van der Waals surface area contributed by atoms with Crippen LogP contribution in [0.3, 0.4) is 0 Å². The lowest BCUT2D eigenvalue weighted by atomic mass is 9.88. The number of hydrogen-bond acceptors (Lipinski definition) is 4. The monoisotopic (exact) mass is 397 g/mol. The average Bonchev–Trinajstić information content (AvgIpc) is 3.04. The maximum absolute atomic E-state index is 12.7. The van der Waals surface area contributed by atoms with Crippen molar-refractivity contribution in [2.75, 3.05) is 39.3 Å². The number of nitrogens with zero attached hydrogens (tertiary/aromatic N) is 2. The highest BCUT2D eigenvalue weighted by atomic mass is 35.5. The van der Waals surface area contributed by atoms with Gasteiger partial charge in [-0.05, 0) is 30.9 Å². The summed E-state index contributed by atoms with van der Waals surface area (Å²) in [7, 11) is 0. The van der Waals surface area contributed by atoms with Gasteiger partial charge >= 0.3 is 0 Å². The van der Waals surface area contributed by atoms with Crippen molar-refractivity contribution in [2.24, 2.45) is 5.92 Å². The molecule has 0 saturated carbocycles. The molecule has 0 bridgehead atoms. The van der Waals surface area contributed by atoms with Crippen LogP contribution in [0.1, 0.15) is 30.7 Å². The standard InChI is InChI=1S/C19H25Cl2N3O2/c20-15-1-2-16(25)18(19(15)21)13-9-14-7-12(8-17(26)24(14)11-13)10-23-5-3-22-4-6-23/h1-2,12-14,22,25H,3-11H2/t12?,13-,14+/m0/s1. The molecule has 1 aromatic rings. The second kappa shape index (κ2) is 7.55. The Hall–Kier alpha value is -1.01. The predicted molar refractivity (Wildman–Crippen MR) is 103 cm³/mol. The quantitative estimate of drug-likeness (QED) is 0.822. The lowest BCUT2D eigenvalue weighted by molar-refractivity contribution is -0.136. The Morgan fingerprint density at radius 2 is 1.96 bits per heavy atom. The van der Waals surface area contributed by atoms with E-state index in [1.807, 2.05) is 4.90 Å². The molecule has 4 rings (SSSR count). The van der Waals surface area contributed by atoms with Crippen LogP contribution in [0.25, 0.3) is 0 Å². The third-order valence-corrected chi connectivity index (χ3v) is 6.87. The number of carbonyl (C=O) groups excluding carboxylic acids is 1. The smallest absolute Gasteiger partial charge is 0.223 e. The van der Waals surface area contributed by atoms with E-state index >= 15 is 0 Å². The van der Waals surface area contributed by atoms with E-state index in [0.717, 1.165) is 45.6 Å². The fourth-order valence-corrected chi connectivity index (χ4v) is 5.31. The number of carbonyl (C=O) groups is 1. The zero-order valence-electron chi connectivity index (χ0n) is 14.8. The lowest BCUT2D eigenvalue weighted by Crippen LogP contribution is -2.49. The van der Waals surface area contributed by atoms with E-state index in [2.05, 4.69) is 10.2 Å². The van der Waals surface area contributed by atoms with Crippen LogP contribution in [0.15, 0.2) is 12.1 Å². The van der Waals surface area contributed by atoms with Crippen LogP contribution in [-0.2, 0) is 4.79 Å². The van der Waals surface area contributed by atoms with Crippen molar-refractivity contribution < 1.29 is 9.90 Å². The molecule has 1 aromatic carbocycles. The molecular weight excluding hydrogens is 373 g/mol. The number of piperazine rings is 1. The minimum absolute atomic E-state index is 0.0492. The van der Waals surface area contributed by atoms with Gasteiger partial charge in [0.05, 0.1) is 10.0 Å². The van der Waals surface area contributed by atoms with Crippen LogP contribution < -0.4 is 5.32 Å². The first-order chi connectivity index (χ1) is 12.5. The number of piperidine rings is 1. The minimum atomic E-state index is 0.0492. The van der Waals surface area contributed by atoms with Crippen LogP contribution in [0, 0.1) is 5.92 Å². The zero-order valence-corrected chi connectivity index (χ0v) is 16.3. The molecule has 0 aliphatic carbocycles. The van der Waals surface area contributed by atoms with E-state index in [-0.39, 0.29) is 23.6 Å². The van der Waals surface area contributed by atoms with E-state index in [1.165, 1.54) is 0 Å². The first-order valence-corrected chi connectivity index (χ1v) is 10.2. The molecular formula is C19H25Cl2N3O2. The summed E-state index contributed by atoms with van der Waals surface area (Å²) in [6, 6.07) is 3.44. The number of phenols is 1. The summed E-state index contributed by atoms with van der Waals surface area (Å²) < 4.78 is 0. The molecule has 7 heteroatoms. The van der Waals surface area contributed by atoms with E-state index in [4.69, 9.17) is 23.2 Å². The summed E-state index contributed by atoms with van der Waals surface area (Å²) in [5, 5.41) is 14.5. The van der Waals surface area contributed by atoms with Crippen molar-refractivity contribution in [3.63, 3.8) is 0 Å². The number of hydrogen-bond donors (Lipinski definition) is 2. The van der Waals surface area contributed by atoms with Gasteiger partial charge < -0.3 is 20.2 Å². The summed E-state index contributed by atoms with van der Waals surface area (Å²) in [5.74, 6) is 0.882. The van der Waals surface area contributed by atoms with Crippen molar-refractivity contribution in [2.45, 2.75) is 31.2 Å². The van der Waals surface area contributed by atoms with Crippen molar-refractivity contribution in [1.29, 1.82) is 0 Å². The van der Waals surface area contributed by atoms with Gasteiger partial charge in [0, 0.05) is 63.2 Å². The molecule has 3 atom stereocenters. The molecule has 3 aliphatic rings. The Kier molecular flexibility index (Phi) is 5.33. The third-order valence-electron chi connectivity index (χ3n) is 6.05. The van der Waals surface area contributed by atoms with Crippen molar-refractivity contribution >= 4 is 29.1 Å². The number of fused-ring (bicyclic) bond motifs is 1. The highest BCUT2D eigenvalue weighted by molar-refractivity contribution is 6.42. The molecule has 0 aromatic heterocycles. The SMILES string of the molecule is O=C1CC(CN2CCNCC2)C[C@@H]2C[C@H](c3c(O)ccc(Cl)c3Cl)CN12.